The van der Waals surface area contributed by atoms with Gasteiger partial charge in [-0.1, -0.05) is 20.8 Å². The summed E-state index contributed by atoms with van der Waals surface area (Å²) < 4.78 is 5.96. The lowest BCUT2D eigenvalue weighted by atomic mass is 9.70. The fourth-order valence-corrected chi connectivity index (χ4v) is 3.76. The molecule has 0 aromatic carbocycles. The van der Waals surface area contributed by atoms with Crippen LogP contribution < -0.4 is 0 Å². The number of carbonyl (C=O) groups is 1. The monoisotopic (exact) mass is 252 g/mol. The maximum Gasteiger partial charge on any atom is 0.331 e. The van der Waals surface area contributed by atoms with E-state index in [2.05, 4.69) is 20.8 Å². The molecule has 0 radical (unpaired) electrons. The molecule has 2 bridgehead atoms. The summed E-state index contributed by atoms with van der Waals surface area (Å²) in [6.45, 7) is 9.07. The molecule has 0 spiro atoms. The van der Waals surface area contributed by atoms with Crippen LogP contribution in [-0.4, -0.2) is 23.8 Å². The Morgan fingerprint density at radius 1 is 1.44 bits per heavy atom. The minimum absolute atomic E-state index is 0.253. The first-order chi connectivity index (χ1) is 8.29. The second kappa shape index (κ2) is 4.37. The van der Waals surface area contributed by atoms with E-state index in [0.29, 0.717) is 17.6 Å². The summed E-state index contributed by atoms with van der Waals surface area (Å²) >= 11 is 0. The largest absolute Gasteiger partial charge is 0.478 e. The minimum Gasteiger partial charge on any atom is -0.478 e. The van der Waals surface area contributed by atoms with Crippen molar-refractivity contribution in [2.24, 2.45) is 16.7 Å². The summed E-state index contributed by atoms with van der Waals surface area (Å²) in [5, 5.41) is 8.79. The van der Waals surface area contributed by atoms with Gasteiger partial charge >= 0.3 is 5.97 Å². The van der Waals surface area contributed by atoms with Crippen molar-refractivity contribution in [1.82, 2.24) is 0 Å². The Morgan fingerprint density at radius 2 is 2.11 bits per heavy atom. The van der Waals surface area contributed by atoms with E-state index in [1.165, 1.54) is 12.8 Å². The smallest absolute Gasteiger partial charge is 0.331 e. The molecule has 0 aliphatic heterocycles. The molecule has 0 aromatic heterocycles. The molecular formula is C15H24O3. The normalized spacial score (nSPS) is 38.1. The Labute approximate surface area is 109 Å². The highest BCUT2D eigenvalue weighted by Gasteiger charge is 2.61. The molecule has 0 heterocycles. The van der Waals surface area contributed by atoms with Gasteiger partial charge in [0.1, 0.15) is 0 Å². The molecule has 2 rings (SSSR count). The third-order valence-corrected chi connectivity index (χ3v) is 5.74. The molecule has 3 atom stereocenters. The maximum atomic E-state index is 10.7. The van der Waals surface area contributed by atoms with Gasteiger partial charge in [-0.3, -0.25) is 0 Å². The molecule has 102 valence electrons. The first kappa shape index (κ1) is 13.6. The first-order valence-electron chi connectivity index (χ1n) is 6.80. The SMILES string of the molecule is CC(=CCOC1CC2CCC1(C)C2(C)C)C(=O)O. The molecular weight excluding hydrogens is 228 g/mol. The van der Waals surface area contributed by atoms with E-state index >= 15 is 0 Å². The number of hydrogen-bond donors (Lipinski definition) is 1. The average molecular weight is 252 g/mol. The molecule has 2 fully saturated rings. The van der Waals surface area contributed by atoms with Gasteiger partial charge in [0.25, 0.3) is 0 Å². The fraction of sp³-hybridized carbons (Fsp3) is 0.800. The van der Waals surface area contributed by atoms with Crippen LogP contribution >= 0.6 is 0 Å². The van der Waals surface area contributed by atoms with Crippen molar-refractivity contribution in [2.75, 3.05) is 6.61 Å². The predicted molar refractivity (Wildman–Crippen MR) is 70.4 cm³/mol. The third kappa shape index (κ3) is 1.89. The molecule has 3 heteroatoms. The van der Waals surface area contributed by atoms with Crippen molar-refractivity contribution in [3.63, 3.8) is 0 Å². The van der Waals surface area contributed by atoms with Crippen LogP contribution in [0.1, 0.15) is 47.0 Å². The Balaban J connectivity index is 1.97. The van der Waals surface area contributed by atoms with Crippen LogP contribution in [0.4, 0.5) is 0 Å². The topological polar surface area (TPSA) is 46.5 Å². The molecule has 2 aliphatic rings. The standard InChI is InChI=1S/C15H24O3/c1-10(13(16)17)6-8-18-12-9-11-5-7-15(12,4)14(11,2)3/h6,11-12H,5,7-9H2,1-4H3,(H,16,17). The molecule has 3 nitrogen and oxygen atoms in total. The summed E-state index contributed by atoms with van der Waals surface area (Å²) in [6.07, 6.45) is 5.63. The van der Waals surface area contributed by atoms with Crippen molar-refractivity contribution in [2.45, 2.75) is 53.1 Å². The van der Waals surface area contributed by atoms with Crippen molar-refractivity contribution in [3.05, 3.63) is 11.6 Å². The number of hydrogen-bond acceptors (Lipinski definition) is 2. The van der Waals surface area contributed by atoms with Gasteiger partial charge in [0.2, 0.25) is 0 Å². The van der Waals surface area contributed by atoms with Crippen LogP contribution in [0.3, 0.4) is 0 Å². The van der Waals surface area contributed by atoms with E-state index in [1.54, 1.807) is 13.0 Å². The summed E-state index contributed by atoms with van der Waals surface area (Å²) in [5.74, 6) is -0.102. The van der Waals surface area contributed by atoms with Gasteiger partial charge in [0.05, 0.1) is 12.7 Å². The van der Waals surface area contributed by atoms with Gasteiger partial charge in [0.15, 0.2) is 0 Å². The second-order valence-electron chi connectivity index (χ2n) is 6.62. The first-order valence-corrected chi connectivity index (χ1v) is 6.80. The van der Waals surface area contributed by atoms with E-state index < -0.39 is 5.97 Å². The molecule has 2 saturated carbocycles. The number of fused-ring (bicyclic) bond motifs is 2. The average Bonchev–Trinajstić information content (AvgIpc) is 2.61. The van der Waals surface area contributed by atoms with Crippen LogP contribution in [0.2, 0.25) is 0 Å². The Hall–Kier alpha value is -0.830. The zero-order valence-corrected chi connectivity index (χ0v) is 11.8. The maximum absolute atomic E-state index is 10.7. The van der Waals surface area contributed by atoms with Crippen LogP contribution in [0.15, 0.2) is 11.6 Å². The highest BCUT2D eigenvalue weighted by molar-refractivity contribution is 5.85. The number of carboxylic acids is 1. The zero-order valence-electron chi connectivity index (χ0n) is 11.8. The van der Waals surface area contributed by atoms with E-state index in [1.807, 2.05) is 0 Å². The Morgan fingerprint density at radius 3 is 2.56 bits per heavy atom. The lowest BCUT2D eigenvalue weighted by molar-refractivity contribution is -0.132. The predicted octanol–water partition coefficient (Wildman–Crippen LogP) is 3.25. The number of aliphatic carboxylic acids is 1. The zero-order chi connectivity index (χ0) is 13.6. The van der Waals surface area contributed by atoms with Gasteiger partial charge in [-0.2, -0.15) is 0 Å². The summed E-state index contributed by atoms with van der Waals surface area (Å²) in [6, 6.07) is 0. The number of carboxylic acid groups (broad SMARTS) is 1. The summed E-state index contributed by atoms with van der Waals surface area (Å²) in [4.78, 5) is 10.7. The van der Waals surface area contributed by atoms with E-state index in [0.717, 1.165) is 12.3 Å². The molecule has 3 unspecified atom stereocenters. The van der Waals surface area contributed by atoms with Gasteiger partial charge in [-0.25, -0.2) is 4.79 Å². The lowest BCUT2D eigenvalue weighted by Gasteiger charge is -2.38. The van der Waals surface area contributed by atoms with Crippen molar-refractivity contribution < 1.29 is 14.6 Å². The van der Waals surface area contributed by atoms with Crippen molar-refractivity contribution >= 4 is 5.97 Å². The van der Waals surface area contributed by atoms with E-state index in [4.69, 9.17) is 9.84 Å². The molecule has 0 amide bonds. The lowest BCUT2D eigenvalue weighted by Crippen LogP contribution is -2.37. The Bertz CT molecular complexity index is 383. The molecule has 0 aromatic rings. The van der Waals surface area contributed by atoms with Gasteiger partial charge in [-0.15, -0.1) is 0 Å². The second-order valence-corrected chi connectivity index (χ2v) is 6.62. The van der Waals surface area contributed by atoms with Gasteiger partial charge in [0, 0.05) is 5.57 Å². The molecule has 18 heavy (non-hydrogen) atoms. The van der Waals surface area contributed by atoms with E-state index in [-0.39, 0.29) is 11.5 Å². The van der Waals surface area contributed by atoms with Crippen LogP contribution in [-0.2, 0) is 9.53 Å². The summed E-state index contributed by atoms with van der Waals surface area (Å²) in [7, 11) is 0. The summed E-state index contributed by atoms with van der Waals surface area (Å²) in [5.41, 5.74) is 0.967. The van der Waals surface area contributed by atoms with Crippen LogP contribution in [0.25, 0.3) is 0 Å². The van der Waals surface area contributed by atoms with Crippen LogP contribution in [0, 0.1) is 16.7 Å². The van der Waals surface area contributed by atoms with Crippen molar-refractivity contribution in [3.8, 4) is 0 Å². The van der Waals surface area contributed by atoms with Crippen molar-refractivity contribution in [1.29, 1.82) is 0 Å². The quantitative estimate of drug-likeness (QED) is 0.781. The van der Waals surface area contributed by atoms with E-state index in [9.17, 15) is 4.79 Å². The minimum atomic E-state index is -0.863. The molecule has 0 saturated heterocycles. The molecule has 2 aliphatic carbocycles. The fourth-order valence-electron chi connectivity index (χ4n) is 3.76. The molecule has 1 N–H and O–H groups in total. The Kier molecular flexibility index (Phi) is 3.30. The number of rotatable bonds is 4. The highest BCUT2D eigenvalue weighted by Crippen LogP contribution is 2.66. The van der Waals surface area contributed by atoms with Crippen LogP contribution in [0.5, 0.6) is 0 Å². The highest BCUT2D eigenvalue weighted by atomic mass is 16.5. The number of ether oxygens (including phenoxy) is 1. The third-order valence-electron chi connectivity index (χ3n) is 5.74. The van der Waals surface area contributed by atoms with Gasteiger partial charge in [-0.05, 0) is 49.0 Å². The van der Waals surface area contributed by atoms with Gasteiger partial charge < -0.3 is 9.84 Å².